The first-order valence-electron chi connectivity index (χ1n) is 10.7. The summed E-state index contributed by atoms with van der Waals surface area (Å²) in [7, 11) is 1.34. The van der Waals surface area contributed by atoms with Gasteiger partial charge in [0, 0.05) is 23.4 Å². The number of aromatic nitrogens is 2. The summed E-state index contributed by atoms with van der Waals surface area (Å²) in [6.07, 6.45) is 0. The van der Waals surface area contributed by atoms with E-state index >= 15 is 0 Å². The van der Waals surface area contributed by atoms with Crippen LogP contribution in [0.4, 0.5) is 14.6 Å². The van der Waals surface area contributed by atoms with E-state index in [2.05, 4.69) is 9.97 Å². The average Bonchev–Trinajstić information content (AvgIpc) is 3.05. The number of halogens is 2. The van der Waals surface area contributed by atoms with Crippen LogP contribution in [-0.2, 0) is 4.74 Å². The molecule has 1 aliphatic heterocycles. The Morgan fingerprint density at radius 3 is 2.70 bits per heavy atom. The topological polar surface area (TPSA) is 84.5 Å². The van der Waals surface area contributed by atoms with Crippen molar-refractivity contribution in [1.29, 1.82) is 0 Å². The van der Waals surface area contributed by atoms with Crippen LogP contribution in [0.2, 0.25) is 0 Å². The first kappa shape index (κ1) is 22.7. The second-order valence-corrected chi connectivity index (χ2v) is 8.18. The number of hydrogen-bond donors (Lipinski definition) is 1. The fraction of sp³-hybridized carbons (Fsp3) is 0.375. The number of hydrogen-bond acceptors (Lipinski definition) is 6. The Morgan fingerprint density at radius 1 is 1.33 bits per heavy atom. The molecule has 2 aromatic heterocycles. The largest absolute Gasteiger partial charge is 0.491 e. The van der Waals surface area contributed by atoms with Crippen molar-refractivity contribution in [2.45, 2.75) is 26.7 Å². The summed E-state index contributed by atoms with van der Waals surface area (Å²) in [5.74, 6) is -4.34. The molecule has 174 valence electrons. The number of pyridine rings is 2. The molecule has 7 nitrogen and oxygen atoms in total. The summed E-state index contributed by atoms with van der Waals surface area (Å²) < 4.78 is 39.2. The molecular formula is C24H25F2N3O4. The Bertz CT molecular complexity index is 1290. The van der Waals surface area contributed by atoms with Crippen molar-refractivity contribution < 1.29 is 23.0 Å². The summed E-state index contributed by atoms with van der Waals surface area (Å²) in [5, 5.41) is 0.736. The molecule has 3 heterocycles. The number of rotatable bonds is 5. The number of aromatic amines is 1. The minimum atomic E-state index is -2.89. The van der Waals surface area contributed by atoms with Gasteiger partial charge in [0.25, 0.3) is 5.92 Å². The third-order valence-corrected chi connectivity index (χ3v) is 5.91. The molecule has 1 saturated heterocycles. The van der Waals surface area contributed by atoms with Gasteiger partial charge in [-0.05, 0) is 26.0 Å². The van der Waals surface area contributed by atoms with Crippen molar-refractivity contribution in [1.82, 2.24) is 9.97 Å². The number of alkyl halides is 2. The Labute approximate surface area is 189 Å². The van der Waals surface area contributed by atoms with Gasteiger partial charge < -0.3 is 19.4 Å². The van der Waals surface area contributed by atoms with E-state index in [1.165, 1.54) is 18.9 Å². The highest BCUT2D eigenvalue weighted by Gasteiger charge is 2.46. The van der Waals surface area contributed by atoms with Crippen molar-refractivity contribution >= 4 is 22.7 Å². The molecule has 9 heteroatoms. The summed E-state index contributed by atoms with van der Waals surface area (Å²) >= 11 is 0. The number of methoxy groups -OCH3 is 1. The van der Waals surface area contributed by atoms with E-state index in [0.29, 0.717) is 16.8 Å². The zero-order valence-electron chi connectivity index (χ0n) is 18.9. The lowest BCUT2D eigenvalue weighted by molar-refractivity contribution is -0.0138. The van der Waals surface area contributed by atoms with Gasteiger partial charge in [-0.1, -0.05) is 25.1 Å². The summed E-state index contributed by atoms with van der Waals surface area (Å²) in [4.78, 5) is 35.3. The lowest BCUT2D eigenvalue weighted by Crippen LogP contribution is -2.28. The quantitative estimate of drug-likeness (QED) is 0.579. The van der Waals surface area contributed by atoms with E-state index in [1.807, 2.05) is 18.2 Å². The molecule has 4 rings (SSSR count). The molecule has 0 spiro atoms. The van der Waals surface area contributed by atoms with Gasteiger partial charge in [-0.15, -0.1) is 0 Å². The number of fused-ring (bicyclic) bond motifs is 1. The third-order valence-electron chi connectivity index (χ3n) is 5.91. The highest BCUT2D eigenvalue weighted by atomic mass is 19.3. The van der Waals surface area contributed by atoms with Gasteiger partial charge >= 0.3 is 5.97 Å². The lowest BCUT2D eigenvalue weighted by atomic mass is 10.0. The van der Waals surface area contributed by atoms with Gasteiger partial charge in [-0.2, -0.15) is 0 Å². The highest BCUT2D eigenvalue weighted by molar-refractivity contribution is 6.00. The van der Waals surface area contributed by atoms with E-state index in [4.69, 9.17) is 9.47 Å². The molecule has 33 heavy (non-hydrogen) atoms. The number of nitrogens with zero attached hydrogens (tertiary/aromatic N) is 2. The van der Waals surface area contributed by atoms with Gasteiger partial charge in [0.15, 0.2) is 5.75 Å². The minimum Gasteiger partial charge on any atom is -0.491 e. The van der Waals surface area contributed by atoms with Crippen molar-refractivity contribution in [3.05, 3.63) is 51.8 Å². The number of ether oxygens (including phenoxy) is 2. The number of esters is 1. The second kappa shape index (κ2) is 8.46. The molecule has 0 aliphatic carbocycles. The Kier molecular flexibility index (Phi) is 5.82. The fourth-order valence-corrected chi connectivity index (χ4v) is 4.18. The second-order valence-electron chi connectivity index (χ2n) is 8.18. The van der Waals surface area contributed by atoms with Crippen LogP contribution in [0.3, 0.4) is 0 Å². The van der Waals surface area contributed by atoms with Crippen LogP contribution in [0, 0.1) is 12.8 Å². The van der Waals surface area contributed by atoms with Crippen LogP contribution in [0.15, 0.2) is 35.1 Å². The third kappa shape index (κ3) is 3.92. The molecule has 1 aliphatic rings. The standard InChI is InChI=1S/C24H25F2N3O4/c1-5-33-23(31)18-19(27-14(3)21(32-4)20(18)30)16-10-15-8-6-7-9-17(15)28-22(16)29-11-13(2)24(25,26)12-29/h6-10,13H,5,11-12H2,1-4H3,(H,27,30). The van der Waals surface area contributed by atoms with Gasteiger partial charge in [-0.3, -0.25) is 4.79 Å². The molecule has 0 amide bonds. The first-order valence-corrected chi connectivity index (χ1v) is 10.7. The minimum absolute atomic E-state index is 0.0153. The monoisotopic (exact) mass is 457 g/mol. The van der Waals surface area contributed by atoms with E-state index < -0.39 is 29.8 Å². The molecule has 1 fully saturated rings. The maximum Gasteiger partial charge on any atom is 0.344 e. The summed E-state index contributed by atoms with van der Waals surface area (Å²) in [6, 6.07) is 9.00. The van der Waals surface area contributed by atoms with Crippen molar-refractivity contribution in [3.8, 4) is 17.0 Å². The number of H-pyrrole nitrogens is 1. The molecule has 3 aromatic rings. The SMILES string of the molecule is CCOC(=O)c1c(-c2cc3ccccc3nc2N2CC(C)C(F)(F)C2)[nH]c(C)c(OC)c1=O. The molecule has 1 atom stereocenters. The molecule has 0 bridgehead atoms. The predicted octanol–water partition coefficient (Wildman–Crippen LogP) is 4.18. The Hall–Kier alpha value is -3.49. The van der Waals surface area contributed by atoms with E-state index in [-0.39, 0.29) is 36.0 Å². The Balaban J connectivity index is 2.03. The Morgan fingerprint density at radius 2 is 2.06 bits per heavy atom. The number of carbonyl (C=O) groups excluding carboxylic acids is 1. The van der Waals surface area contributed by atoms with Gasteiger partial charge in [0.1, 0.15) is 11.4 Å². The zero-order valence-corrected chi connectivity index (χ0v) is 18.9. The normalized spacial score (nSPS) is 17.4. The van der Waals surface area contributed by atoms with E-state index in [0.717, 1.165) is 5.39 Å². The smallest absolute Gasteiger partial charge is 0.344 e. The molecular weight excluding hydrogens is 432 g/mol. The maximum atomic E-state index is 14.4. The number of anilines is 1. The lowest BCUT2D eigenvalue weighted by Gasteiger charge is -2.22. The van der Waals surface area contributed by atoms with E-state index in [9.17, 15) is 18.4 Å². The van der Waals surface area contributed by atoms with E-state index in [1.54, 1.807) is 26.0 Å². The molecule has 1 N–H and O–H groups in total. The summed E-state index contributed by atoms with van der Waals surface area (Å²) in [6.45, 7) is 4.39. The maximum absolute atomic E-state index is 14.4. The van der Waals surface area contributed by atoms with Crippen molar-refractivity contribution in [3.63, 3.8) is 0 Å². The number of benzene rings is 1. The van der Waals surface area contributed by atoms with Crippen molar-refractivity contribution in [2.24, 2.45) is 5.92 Å². The predicted molar refractivity (Wildman–Crippen MR) is 121 cm³/mol. The van der Waals surface area contributed by atoms with Crippen LogP contribution < -0.4 is 15.1 Å². The first-order chi connectivity index (χ1) is 15.7. The van der Waals surface area contributed by atoms with Crippen LogP contribution >= 0.6 is 0 Å². The zero-order chi connectivity index (χ0) is 23.9. The van der Waals surface area contributed by atoms with Crippen LogP contribution in [0.1, 0.15) is 29.9 Å². The van der Waals surface area contributed by atoms with Crippen LogP contribution in [0.5, 0.6) is 5.75 Å². The number of nitrogens with one attached hydrogen (secondary N) is 1. The van der Waals surface area contributed by atoms with Crippen LogP contribution in [0.25, 0.3) is 22.2 Å². The molecule has 0 saturated carbocycles. The molecule has 0 radical (unpaired) electrons. The fourth-order valence-electron chi connectivity index (χ4n) is 4.18. The number of aryl methyl sites for hydroxylation is 1. The number of para-hydroxylation sites is 1. The van der Waals surface area contributed by atoms with Crippen molar-refractivity contribution in [2.75, 3.05) is 31.7 Å². The summed E-state index contributed by atoms with van der Waals surface area (Å²) in [5.41, 5.74) is 0.643. The van der Waals surface area contributed by atoms with Gasteiger partial charge in [0.05, 0.1) is 37.2 Å². The van der Waals surface area contributed by atoms with Crippen LogP contribution in [-0.4, -0.2) is 48.7 Å². The van der Waals surface area contributed by atoms with Gasteiger partial charge in [0.2, 0.25) is 5.43 Å². The molecule has 1 unspecified atom stereocenters. The highest BCUT2D eigenvalue weighted by Crippen LogP contribution is 2.40. The number of carbonyl (C=O) groups is 1. The van der Waals surface area contributed by atoms with Gasteiger partial charge in [-0.25, -0.2) is 18.6 Å². The average molecular weight is 457 g/mol. The molecule has 1 aromatic carbocycles.